The van der Waals surface area contributed by atoms with Crippen molar-refractivity contribution in [2.75, 3.05) is 6.26 Å². The van der Waals surface area contributed by atoms with Crippen molar-refractivity contribution in [1.29, 1.82) is 0 Å². The first-order valence-corrected chi connectivity index (χ1v) is 9.39. The van der Waals surface area contributed by atoms with Gasteiger partial charge in [0.2, 0.25) is 5.91 Å². The molecule has 0 saturated heterocycles. The summed E-state index contributed by atoms with van der Waals surface area (Å²) in [4.78, 5) is 12.2. The zero-order valence-electron chi connectivity index (χ0n) is 13.7. The van der Waals surface area contributed by atoms with E-state index >= 15 is 0 Å². The molecule has 0 radical (unpaired) electrons. The fourth-order valence-corrected chi connectivity index (χ4v) is 3.46. The molecule has 5 nitrogen and oxygen atoms in total. The monoisotopic (exact) mass is 343 g/mol. The normalized spacial score (nSPS) is 22.0. The van der Waals surface area contributed by atoms with E-state index in [0.29, 0.717) is 5.92 Å². The van der Waals surface area contributed by atoms with Gasteiger partial charge in [-0.15, -0.1) is 4.28 Å². The van der Waals surface area contributed by atoms with Gasteiger partial charge in [0.1, 0.15) is 5.82 Å². The van der Waals surface area contributed by atoms with Gasteiger partial charge in [-0.3, -0.25) is 4.79 Å². The van der Waals surface area contributed by atoms with E-state index in [9.17, 15) is 17.6 Å². The second-order valence-corrected chi connectivity index (χ2v) is 8.08. The third kappa shape index (κ3) is 4.09. The summed E-state index contributed by atoms with van der Waals surface area (Å²) in [6, 6.07) is 4.66. The Kier molecular flexibility index (Phi) is 5.10. The van der Waals surface area contributed by atoms with Crippen LogP contribution in [0.3, 0.4) is 0 Å². The summed E-state index contributed by atoms with van der Waals surface area (Å²) in [5.41, 5.74) is 3.87. The number of hydroxylamine groups is 1. The molecule has 3 unspecified atom stereocenters. The van der Waals surface area contributed by atoms with Crippen molar-refractivity contribution in [3.8, 4) is 0 Å². The van der Waals surface area contributed by atoms with E-state index in [0.717, 1.165) is 23.8 Å². The maximum absolute atomic E-state index is 13.6. The van der Waals surface area contributed by atoms with E-state index in [1.807, 2.05) is 5.48 Å². The lowest BCUT2D eigenvalue weighted by Crippen LogP contribution is -2.33. The van der Waals surface area contributed by atoms with Gasteiger partial charge in [-0.25, -0.2) is 9.87 Å². The third-order valence-electron chi connectivity index (χ3n) is 4.47. The van der Waals surface area contributed by atoms with E-state index < -0.39 is 21.9 Å². The van der Waals surface area contributed by atoms with Crippen LogP contribution in [0.4, 0.5) is 4.39 Å². The lowest BCUT2D eigenvalue weighted by Gasteiger charge is -2.20. The van der Waals surface area contributed by atoms with E-state index in [2.05, 4.69) is 18.1 Å². The minimum atomic E-state index is -3.75. The Balaban J connectivity index is 2.22. The summed E-state index contributed by atoms with van der Waals surface area (Å²) < 4.78 is 39.9. The van der Waals surface area contributed by atoms with Crippen LogP contribution in [0, 0.1) is 17.7 Å². The van der Waals surface area contributed by atoms with Crippen molar-refractivity contribution in [2.45, 2.75) is 39.0 Å². The molecule has 0 aromatic heterocycles. The quantitative estimate of drug-likeness (QED) is 0.834. The summed E-state index contributed by atoms with van der Waals surface area (Å²) in [6.45, 7) is 5.86. The van der Waals surface area contributed by atoms with Crippen molar-refractivity contribution in [3.05, 3.63) is 35.1 Å². The number of nitrogens with one attached hydrogen (secondary N) is 1. The Morgan fingerprint density at radius 1 is 1.26 bits per heavy atom. The molecule has 1 N–H and O–H groups in total. The molecule has 1 aliphatic carbocycles. The first-order valence-electron chi connectivity index (χ1n) is 7.57. The van der Waals surface area contributed by atoms with Crippen LogP contribution in [0.5, 0.6) is 0 Å². The van der Waals surface area contributed by atoms with Gasteiger partial charge in [-0.1, -0.05) is 26.8 Å². The molecule has 1 amide bonds. The standard InChI is InChI=1S/C16H22FNO4S/c1-9(2)13-8-14(12-6-5-11(17)7-15(12)13)10(3)16(19)18-22-23(4,20)21/h5-7,9-10,13-14H,8H2,1-4H3,(H,18,19). The van der Waals surface area contributed by atoms with Gasteiger partial charge in [0.25, 0.3) is 10.1 Å². The minimum absolute atomic E-state index is 0.0961. The fourth-order valence-electron chi connectivity index (χ4n) is 3.23. The molecule has 0 spiro atoms. The highest BCUT2D eigenvalue weighted by atomic mass is 32.2. The van der Waals surface area contributed by atoms with Crippen molar-refractivity contribution in [2.24, 2.45) is 11.8 Å². The molecule has 128 valence electrons. The number of amides is 1. The van der Waals surface area contributed by atoms with Gasteiger partial charge in [-0.05, 0) is 47.4 Å². The molecule has 0 heterocycles. The molecule has 0 fully saturated rings. The Hall–Kier alpha value is -1.47. The number of hydrogen-bond acceptors (Lipinski definition) is 4. The largest absolute Gasteiger partial charge is 0.285 e. The summed E-state index contributed by atoms with van der Waals surface area (Å²) in [5, 5.41) is 0. The maximum Gasteiger partial charge on any atom is 0.285 e. The topological polar surface area (TPSA) is 72.5 Å². The van der Waals surface area contributed by atoms with E-state index in [-0.39, 0.29) is 17.7 Å². The number of fused-ring (bicyclic) bond motifs is 1. The SMILES string of the molecule is CC(C)C1CC(C(C)C(=O)NOS(C)(=O)=O)c2ccc(F)cc21. The van der Waals surface area contributed by atoms with Gasteiger partial charge >= 0.3 is 0 Å². The van der Waals surface area contributed by atoms with Crippen LogP contribution in [-0.4, -0.2) is 20.6 Å². The molecule has 23 heavy (non-hydrogen) atoms. The summed E-state index contributed by atoms with van der Waals surface area (Å²) >= 11 is 0. The van der Waals surface area contributed by atoms with Gasteiger partial charge in [0.05, 0.1) is 6.26 Å². The second kappa shape index (κ2) is 6.57. The van der Waals surface area contributed by atoms with Crippen LogP contribution >= 0.6 is 0 Å². The number of halogens is 1. The third-order valence-corrected chi connectivity index (χ3v) is 4.86. The average molecular weight is 343 g/mol. The highest BCUT2D eigenvalue weighted by molar-refractivity contribution is 7.85. The highest BCUT2D eigenvalue weighted by Gasteiger charge is 2.38. The van der Waals surface area contributed by atoms with Crippen LogP contribution < -0.4 is 5.48 Å². The molecule has 0 aliphatic heterocycles. The molecule has 1 aromatic carbocycles. The first-order chi connectivity index (χ1) is 10.6. The molecule has 2 rings (SSSR count). The predicted octanol–water partition coefficient (Wildman–Crippen LogP) is 2.70. The van der Waals surface area contributed by atoms with Crippen molar-refractivity contribution < 1.29 is 21.9 Å². The number of benzene rings is 1. The predicted molar refractivity (Wildman–Crippen MR) is 84.6 cm³/mol. The summed E-state index contributed by atoms with van der Waals surface area (Å²) in [5.74, 6) is -0.863. The van der Waals surface area contributed by atoms with Gasteiger partial charge in [-0.2, -0.15) is 8.42 Å². The van der Waals surface area contributed by atoms with Crippen LogP contribution in [0.25, 0.3) is 0 Å². The van der Waals surface area contributed by atoms with Gasteiger partial charge < -0.3 is 0 Å². The lowest BCUT2D eigenvalue weighted by molar-refractivity contribution is -0.131. The zero-order valence-corrected chi connectivity index (χ0v) is 14.5. The Labute approximate surface area is 136 Å². The van der Waals surface area contributed by atoms with Crippen molar-refractivity contribution in [1.82, 2.24) is 5.48 Å². The summed E-state index contributed by atoms with van der Waals surface area (Å²) in [6.07, 6.45) is 1.59. The maximum atomic E-state index is 13.6. The number of rotatable bonds is 5. The summed E-state index contributed by atoms with van der Waals surface area (Å²) in [7, 11) is -3.75. The molecular weight excluding hydrogens is 321 g/mol. The molecule has 7 heteroatoms. The molecule has 0 saturated carbocycles. The van der Waals surface area contributed by atoms with E-state index in [4.69, 9.17) is 0 Å². The molecule has 3 atom stereocenters. The Bertz CT molecular complexity index is 702. The van der Waals surface area contributed by atoms with E-state index in [1.54, 1.807) is 13.0 Å². The highest BCUT2D eigenvalue weighted by Crippen LogP contribution is 2.48. The Morgan fingerprint density at radius 3 is 2.48 bits per heavy atom. The van der Waals surface area contributed by atoms with E-state index in [1.165, 1.54) is 12.1 Å². The number of carbonyl (C=O) groups is 1. The van der Waals surface area contributed by atoms with Crippen LogP contribution in [0.1, 0.15) is 50.2 Å². The molecule has 0 bridgehead atoms. The first kappa shape index (κ1) is 17.9. The van der Waals surface area contributed by atoms with Crippen LogP contribution in [-0.2, 0) is 19.2 Å². The van der Waals surface area contributed by atoms with Crippen LogP contribution in [0.15, 0.2) is 18.2 Å². The zero-order chi connectivity index (χ0) is 17.4. The smallest absolute Gasteiger partial charge is 0.272 e. The lowest BCUT2D eigenvalue weighted by atomic mass is 9.86. The fraction of sp³-hybridized carbons (Fsp3) is 0.562. The van der Waals surface area contributed by atoms with Crippen LogP contribution in [0.2, 0.25) is 0 Å². The average Bonchev–Trinajstić information content (AvgIpc) is 2.81. The second-order valence-electron chi connectivity index (χ2n) is 6.51. The molecule has 1 aromatic rings. The van der Waals surface area contributed by atoms with Crippen molar-refractivity contribution in [3.63, 3.8) is 0 Å². The Morgan fingerprint density at radius 2 is 1.91 bits per heavy atom. The molecule has 1 aliphatic rings. The number of carbonyl (C=O) groups excluding carboxylic acids is 1. The van der Waals surface area contributed by atoms with Gasteiger partial charge in [0, 0.05) is 5.92 Å². The molecular formula is C16H22FNO4S. The van der Waals surface area contributed by atoms with Gasteiger partial charge in [0.15, 0.2) is 0 Å². The number of hydrogen-bond donors (Lipinski definition) is 1. The minimum Gasteiger partial charge on any atom is -0.272 e. The van der Waals surface area contributed by atoms with Crippen molar-refractivity contribution >= 4 is 16.0 Å².